The maximum Gasteiger partial charge on any atom is 0.417 e. The molecule has 1 aromatic heterocycles. The van der Waals surface area contributed by atoms with Gasteiger partial charge in [-0.1, -0.05) is 13.0 Å². The summed E-state index contributed by atoms with van der Waals surface area (Å²) in [5, 5.41) is 9.17. The van der Waals surface area contributed by atoms with Crippen molar-refractivity contribution in [3.05, 3.63) is 34.3 Å². The van der Waals surface area contributed by atoms with Crippen molar-refractivity contribution >= 4 is 17.1 Å². The highest BCUT2D eigenvalue weighted by Crippen LogP contribution is 2.28. The fraction of sp³-hybridized carbons (Fsp3) is 0.385. The van der Waals surface area contributed by atoms with Crippen molar-refractivity contribution in [2.75, 3.05) is 14.1 Å². The molecule has 6 heteroatoms. The van der Waals surface area contributed by atoms with Gasteiger partial charge in [0.05, 0.1) is 11.4 Å². The maximum atomic E-state index is 11.2. The number of hydrogen-bond acceptors (Lipinski definition) is 4. The van der Waals surface area contributed by atoms with Gasteiger partial charge in [0.2, 0.25) is 0 Å². The van der Waals surface area contributed by atoms with Crippen LogP contribution >= 0.6 is 0 Å². The molecule has 0 saturated heterocycles. The second-order valence-corrected chi connectivity index (χ2v) is 4.81. The lowest BCUT2D eigenvalue weighted by atomic mass is 9.93. The number of fused-ring (bicyclic) bond motifs is 1. The Morgan fingerprint density at radius 3 is 2.68 bits per heavy atom. The molecule has 0 fully saturated rings. The van der Waals surface area contributed by atoms with Crippen LogP contribution in [0.5, 0.6) is 0 Å². The zero-order valence-corrected chi connectivity index (χ0v) is 11.0. The second kappa shape index (κ2) is 4.89. The Morgan fingerprint density at radius 2 is 2.11 bits per heavy atom. The zero-order valence-electron chi connectivity index (χ0n) is 11.0. The standard InChI is InChI=1S/C13H16N2O4/c1-7(12(16)17)11(15(2)3)8-4-5-9-10(6-8)19-13(18)14-9/h4-7,11H,1-3H3,(H,14,18)(H,16,17). The van der Waals surface area contributed by atoms with Gasteiger partial charge in [-0.3, -0.25) is 9.78 Å². The number of nitrogens with zero attached hydrogens (tertiary/aromatic N) is 1. The minimum Gasteiger partial charge on any atom is -0.481 e. The minimum absolute atomic E-state index is 0.290. The Bertz CT molecular complexity index is 656. The summed E-state index contributed by atoms with van der Waals surface area (Å²) in [6, 6.07) is 4.94. The monoisotopic (exact) mass is 264 g/mol. The molecular weight excluding hydrogens is 248 g/mol. The Kier molecular flexibility index (Phi) is 3.44. The molecule has 2 aromatic rings. The van der Waals surface area contributed by atoms with E-state index in [2.05, 4.69) is 4.98 Å². The van der Waals surface area contributed by atoms with E-state index in [1.807, 2.05) is 19.0 Å². The molecule has 0 aliphatic carbocycles. The van der Waals surface area contributed by atoms with Crippen LogP contribution in [0.1, 0.15) is 18.5 Å². The van der Waals surface area contributed by atoms with Crippen LogP contribution in [0.25, 0.3) is 11.1 Å². The Morgan fingerprint density at radius 1 is 1.42 bits per heavy atom. The second-order valence-electron chi connectivity index (χ2n) is 4.81. The van der Waals surface area contributed by atoms with Crippen LogP contribution in [0.15, 0.2) is 27.4 Å². The van der Waals surface area contributed by atoms with Gasteiger partial charge in [-0.05, 0) is 31.8 Å². The highest BCUT2D eigenvalue weighted by molar-refractivity contribution is 5.74. The Labute approximate surface area is 109 Å². The molecule has 0 aliphatic heterocycles. The number of H-pyrrole nitrogens is 1. The predicted octanol–water partition coefficient (Wildman–Crippen LogP) is 1.44. The molecule has 0 bridgehead atoms. The van der Waals surface area contributed by atoms with E-state index in [9.17, 15) is 14.7 Å². The van der Waals surface area contributed by atoms with E-state index >= 15 is 0 Å². The quantitative estimate of drug-likeness (QED) is 0.872. The number of aliphatic carboxylic acids is 1. The number of hydrogen-bond donors (Lipinski definition) is 2. The normalized spacial score (nSPS) is 14.7. The average Bonchev–Trinajstić information content (AvgIpc) is 2.67. The number of carbonyl (C=O) groups is 1. The van der Waals surface area contributed by atoms with E-state index < -0.39 is 17.6 Å². The molecule has 0 aliphatic rings. The Balaban J connectivity index is 2.49. The van der Waals surface area contributed by atoms with Gasteiger partial charge in [0.25, 0.3) is 0 Å². The maximum absolute atomic E-state index is 11.2. The van der Waals surface area contributed by atoms with E-state index in [0.717, 1.165) is 5.56 Å². The number of aromatic amines is 1. The van der Waals surface area contributed by atoms with E-state index in [1.165, 1.54) is 0 Å². The molecule has 0 radical (unpaired) electrons. The molecule has 1 heterocycles. The van der Waals surface area contributed by atoms with Gasteiger partial charge >= 0.3 is 11.7 Å². The van der Waals surface area contributed by atoms with Gasteiger partial charge < -0.3 is 14.4 Å². The SMILES string of the molecule is CC(C(=O)O)C(c1ccc2[nH]c(=O)oc2c1)N(C)C. The molecule has 0 amide bonds. The van der Waals surface area contributed by atoms with E-state index in [-0.39, 0.29) is 6.04 Å². The van der Waals surface area contributed by atoms with Gasteiger partial charge in [-0.15, -0.1) is 0 Å². The van der Waals surface area contributed by atoms with Crippen molar-refractivity contribution in [3.63, 3.8) is 0 Å². The minimum atomic E-state index is -0.866. The van der Waals surface area contributed by atoms with Gasteiger partial charge in [0.1, 0.15) is 0 Å². The van der Waals surface area contributed by atoms with Gasteiger partial charge in [-0.25, -0.2) is 4.79 Å². The fourth-order valence-corrected chi connectivity index (χ4v) is 2.32. The number of carboxylic acid groups (broad SMARTS) is 1. The first-order valence-corrected chi connectivity index (χ1v) is 5.92. The number of nitrogens with one attached hydrogen (secondary N) is 1. The first-order valence-electron chi connectivity index (χ1n) is 5.92. The zero-order chi connectivity index (χ0) is 14.2. The third kappa shape index (κ3) is 2.53. The summed E-state index contributed by atoms with van der Waals surface area (Å²) in [6.07, 6.45) is 0. The third-order valence-corrected chi connectivity index (χ3v) is 3.21. The summed E-state index contributed by atoms with van der Waals surface area (Å²) in [5.74, 6) is -1.95. The van der Waals surface area contributed by atoms with Crippen molar-refractivity contribution in [2.45, 2.75) is 13.0 Å². The van der Waals surface area contributed by atoms with Crippen LogP contribution in [0.4, 0.5) is 0 Å². The van der Waals surface area contributed by atoms with Crippen molar-refractivity contribution in [3.8, 4) is 0 Å². The van der Waals surface area contributed by atoms with Gasteiger partial charge in [0, 0.05) is 6.04 Å². The van der Waals surface area contributed by atoms with Gasteiger partial charge in [-0.2, -0.15) is 0 Å². The molecule has 2 rings (SSSR count). The van der Waals surface area contributed by atoms with Crippen LogP contribution in [-0.4, -0.2) is 35.1 Å². The van der Waals surface area contributed by atoms with E-state index in [0.29, 0.717) is 11.1 Å². The third-order valence-electron chi connectivity index (χ3n) is 3.21. The lowest BCUT2D eigenvalue weighted by molar-refractivity contribution is -0.143. The van der Waals surface area contributed by atoms with Crippen LogP contribution in [0.2, 0.25) is 0 Å². The largest absolute Gasteiger partial charge is 0.481 e. The lowest BCUT2D eigenvalue weighted by Crippen LogP contribution is -2.30. The molecule has 1 aromatic carbocycles. The van der Waals surface area contributed by atoms with Crippen LogP contribution in [0, 0.1) is 5.92 Å². The van der Waals surface area contributed by atoms with Crippen molar-refractivity contribution < 1.29 is 14.3 Å². The first-order chi connectivity index (χ1) is 8.90. The van der Waals surface area contributed by atoms with E-state index in [1.54, 1.807) is 25.1 Å². The number of rotatable bonds is 4. The molecule has 2 atom stereocenters. The smallest absolute Gasteiger partial charge is 0.417 e. The molecule has 0 spiro atoms. The lowest BCUT2D eigenvalue weighted by Gasteiger charge is -2.28. The molecule has 0 saturated carbocycles. The molecule has 2 unspecified atom stereocenters. The summed E-state index contributed by atoms with van der Waals surface area (Å²) in [7, 11) is 3.64. The molecular formula is C13H16N2O4. The molecule has 6 nitrogen and oxygen atoms in total. The highest BCUT2D eigenvalue weighted by Gasteiger charge is 2.27. The molecule has 2 N–H and O–H groups in total. The summed E-state index contributed by atoms with van der Waals surface area (Å²) in [6.45, 7) is 1.66. The number of oxazole rings is 1. The first kappa shape index (κ1) is 13.4. The summed E-state index contributed by atoms with van der Waals surface area (Å²) in [5.41, 5.74) is 1.84. The summed E-state index contributed by atoms with van der Waals surface area (Å²) >= 11 is 0. The Hall–Kier alpha value is -2.08. The van der Waals surface area contributed by atoms with Crippen molar-refractivity contribution in [2.24, 2.45) is 5.92 Å². The summed E-state index contributed by atoms with van der Waals surface area (Å²) in [4.78, 5) is 26.7. The number of carboxylic acids is 1. The highest BCUT2D eigenvalue weighted by atomic mass is 16.4. The van der Waals surface area contributed by atoms with Crippen molar-refractivity contribution in [1.82, 2.24) is 9.88 Å². The number of aromatic nitrogens is 1. The molecule has 19 heavy (non-hydrogen) atoms. The fourth-order valence-electron chi connectivity index (χ4n) is 2.32. The van der Waals surface area contributed by atoms with Crippen LogP contribution < -0.4 is 5.76 Å². The average molecular weight is 264 g/mol. The van der Waals surface area contributed by atoms with Crippen molar-refractivity contribution in [1.29, 1.82) is 0 Å². The topological polar surface area (TPSA) is 86.5 Å². The molecule has 102 valence electrons. The van der Waals surface area contributed by atoms with E-state index in [4.69, 9.17) is 4.42 Å². The van der Waals surface area contributed by atoms with Crippen LogP contribution in [-0.2, 0) is 4.79 Å². The van der Waals surface area contributed by atoms with Crippen LogP contribution in [0.3, 0.4) is 0 Å². The van der Waals surface area contributed by atoms with Gasteiger partial charge in [0.15, 0.2) is 5.58 Å². The number of benzene rings is 1. The predicted molar refractivity (Wildman–Crippen MR) is 70.1 cm³/mol. The summed E-state index contributed by atoms with van der Waals surface area (Å²) < 4.78 is 5.00.